The van der Waals surface area contributed by atoms with E-state index in [1.165, 1.54) is 12.2 Å². The van der Waals surface area contributed by atoms with Gasteiger partial charge in [-0.05, 0) is 66.8 Å². The predicted molar refractivity (Wildman–Crippen MR) is 124 cm³/mol. The second kappa shape index (κ2) is 13.5. The first kappa shape index (κ1) is 25.3. The SMILES string of the molecule is COc1ccc(C=CC(=O)O)cc1OCCCCCOc1cc(C=CC(=O)O)ccc1OC. The molecule has 0 saturated heterocycles. The summed E-state index contributed by atoms with van der Waals surface area (Å²) in [4.78, 5) is 21.4. The lowest BCUT2D eigenvalue weighted by molar-refractivity contribution is -0.132. The fraction of sp³-hybridized carbons (Fsp3) is 0.280. The number of rotatable bonds is 14. The zero-order chi connectivity index (χ0) is 24.1. The number of carbonyl (C=O) groups is 2. The summed E-state index contributed by atoms with van der Waals surface area (Å²) in [6.07, 6.45) is 7.57. The molecule has 2 aromatic carbocycles. The highest BCUT2D eigenvalue weighted by Crippen LogP contribution is 2.30. The maximum absolute atomic E-state index is 10.7. The molecule has 2 rings (SSSR count). The smallest absolute Gasteiger partial charge is 0.328 e. The molecule has 0 saturated carbocycles. The molecule has 0 aromatic heterocycles. The average Bonchev–Trinajstić information content (AvgIpc) is 2.80. The van der Waals surface area contributed by atoms with Crippen LogP contribution >= 0.6 is 0 Å². The molecule has 8 heteroatoms. The third kappa shape index (κ3) is 8.98. The lowest BCUT2D eigenvalue weighted by Gasteiger charge is -2.12. The topological polar surface area (TPSA) is 112 Å². The van der Waals surface area contributed by atoms with Crippen LogP contribution in [0.1, 0.15) is 30.4 Å². The first-order valence-electron chi connectivity index (χ1n) is 10.4. The minimum atomic E-state index is -1.02. The number of unbranched alkanes of at least 4 members (excludes halogenated alkanes) is 2. The summed E-state index contributed by atoms with van der Waals surface area (Å²) >= 11 is 0. The van der Waals surface area contributed by atoms with Crippen molar-refractivity contribution in [2.75, 3.05) is 27.4 Å². The summed E-state index contributed by atoms with van der Waals surface area (Å²) in [5.74, 6) is 0.229. The van der Waals surface area contributed by atoms with E-state index in [2.05, 4.69) is 0 Å². The molecular formula is C25H28O8. The van der Waals surface area contributed by atoms with Crippen LogP contribution in [0.4, 0.5) is 0 Å². The van der Waals surface area contributed by atoms with Gasteiger partial charge in [-0.25, -0.2) is 9.59 Å². The first-order chi connectivity index (χ1) is 15.9. The Morgan fingerprint density at radius 2 is 1.12 bits per heavy atom. The Labute approximate surface area is 192 Å². The molecule has 0 amide bonds. The highest BCUT2D eigenvalue weighted by Gasteiger charge is 2.07. The van der Waals surface area contributed by atoms with Gasteiger partial charge in [-0.1, -0.05) is 12.1 Å². The zero-order valence-electron chi connectivity index (χ0n) is 18.7. The Morgan fingerprint density at radius 3 is 1.48 bits per heavy atom. The van der Waals surface area contributed by atoms with Crippen molar-refractivity contribution in [1.82, 2.24) is 0 Å². The van der Waals surface area contributed by atoms with Crippen LogP contribution in [0, 0.1) is 0 Å². The fourth-order valence-electron chi connectivity index (χ4n) is 2.90. The van der Waals surface area contributed by atoms with Gasteiger partial charge in [0.05, 0.1) is 27.4 Å². The van der Waals surface area contributed by atoms with E-state index < -0.39 is 11.9 Å². The second-order valence-corrected chi connectivity index (χ2v) is 6.92. The van der Waals surface area contributed by atoms with Gasteiger partial charge >= 0.3 is 11.9 Å². The Kier molecular flexibility index (Phi) is 10.3. The van der Waals surface area contributed by atoms with E-state index in [0.29, 0.717) is 47.3 Å². The van der Waals surface area contributed by atoms with Crippen LogP contribution in [0.15, 0.2) is 48.6 Å². The molecule has 0 unspecified atom stereocenters. The number of hydrogen-bond acceptors (Lipinski definition) is 6. The van der Waals surface area contributed by atoms with Crippen molar-refractivity contribution in [3.63, 3.8) is 0 Å². The minimum absolute atomic E-state index is 0.473. The molecule has 0 aliphatic heterocycles. The average molecular weight is 456 g/mol. The van der Waals surface area contributed by atoms with Crippen LogP contribution in [0.3, 0.4) is 0 Å². The van der Waals surface area contributed by atoms with E-state index >= 15 is 0 Å². The zero-order valence-corrected chi connectivity index (χ0v) is 18.7. The molecule has 8 nitrogen and oxygen atoms in total. The summed E-state index contributed by atoms with van der Waals surface area (Å²) in [6, 6.07) is 10.4. The molecule has 0 atom stereocenters. The number of aliphatic carboxylic acids is 2. The second-order valence-electron chi connectivity index (χ2n) is 6.92. The Morgan fingerprint density at radius 1 is 0.697 bits per heavy atom. The summed E-state index contributed by atoms with van der Waals surface area (Å²) in [5.41, 5.74) is 1.41. The molecular weight excluding hydrogens is 428 g/mol. The van der Waals surface area contributed by atoms with Crippen molar-refractivity contribution in [2.45, 2.75) is 19.3 Å². The van der Waals surface area contributed by atoms with Crippen molar-refractivity contribution in [3.05, 3.63) is 59.7 Å². The van der Waals surface area contributed by atoms with Gasteiger partial charge in [0.25, 0.3) is 0 Å². The molecule has 176 valence electrons. The summed E-state index contributed by atoms with van der Waals surface area (Å²) in [6.45, 7) is 0.947. The van der Waals surface area contributed by atoms with Crippen molar-refractivity contribution in [3.8, 4) is 23.0 Å². The monoisotopic (exact) mass is 456 g/mol. The van der Waals surface area contributed by atoms with Gasteiger partial charge in [-0.15, -0.1) is 0 Å². The highest BCUT2D eigenvalue weighted by atomic mass is 16.5. The number of carboxylic acids is 2. The third-order valence-corrected chi connectivity index (χ3v) is 4.52. The molecule has 0 spiro atoms. The van der Waals surface area contributed by atoms with Crippen LogP contribution < -0.4 is 18.9 Å². The first-order valence-corrected chi connectivity index (χ1v) is 10.4. The van der Waals surface area contributed by atoms with Crippen molar-refractivity contribution in [2.24, 2.45) is 0 Å². The maximum Gasteiger partial charge on any atom is 0.328 e. The van der Waals surface area contributed by atoms with Crippen molar-refractivity contribution < 1.29 is 38.7 Å². The van der Waals surface area contributed by atoms with Gasteiger partial charge in [0, 0.05) is 12.2 Å². The number of benzene rings is 2. The van der Waals surface area contributed by atoms with E-state index in [0.717, 1.165) is 31.4 Å². The van der Waals surface area contributed by atoms with Crippen LogP contribution in [-0.2, 0) is 9.59 Å². The number of carboxylic acid groups (broad SMARTS) is 2. The van der Waals surface area contributed by atoms with Crippen LogP contribution in [0.25, 0.3) is 12.2 Å². The summed E-state index contributed by atoms with van der Waals surface area (Å²) in [7, 11) is 3.10. The van der Waals surface area contributed by atoms with Gasteiger partial charge < -0.3 is 29.2 Å². The molecule has 0 fully saturated rings. The van der Waals surface area contributed by atoms with Crippen molar-refractivity contribution in [1.29, 1.82) is 0 Å². The van der Waals surface area contributed by atoms with E-state index in [1.54, 1.807) is 50.6 Å². The van der Waals surface area contributed by atoms with E-state index in [4.69, 9.17) is 29.2 Å². The number of methoxy groups -OCH3 is 2. The number of hydrogen-bond donors (Lipinski definition) is 2. The lowest BCUT2D eigenvalue weighted by atomic mass is 10.2. The summed E-state index contributed by atoms with van der Waals surface area (Å²) < 4.78 is 22.2. The molecule has 33 heavy (non-hydrogen) atoms. The Hall–Kier alpha value is -3.94. The fourth-order valence-corrected chi connectivity index (χ4v) is 2.90. The normalized spacial score (nSPS) is 11.0. The Bertz CT molecular complexity index is 914. The van der Waals surface area contributed by atoms with Gasteiger partial charge in [0.2, 0.25) is 0 Å². The van der Waals surface area contributed by atoms with Crippen molar-refractivity contribution >= 4 is 24.1 Å². The Balaban J connectivity index is 1.80. The molecule has 0 aliphatic carbocycles. The summed E-state index contributed by atoms with van der Waals surface area (Å²) in [5, 5.41) is 17.5. The van der Waals surface area contributed by atoms with Crippen LogP contribution in [0.5, 0.6) is 23.0 Å². The largest absolute Gasteiger partial charge is 0.493 e. The maximum atomic E-state index is 10.7. The van der Waals surface area contributed by atoms with Gasteiger partial charge in [0.1, 0.15) is 0 Å². The van der Waals surface area contributed by atoms with Gasteiger partial charge in [-0.2, -0.15) is 0 Å². The molecule has 0 radical (unpaired) electrons. The molecule has 0 bridgehead atoms. The van der Waals surface area contributed by atoms with Crippen LogP contribution in [0.2, 0.25) is 0 Å². The van der Waals surface area contributed by atoms with E-state index in [9.17, 15) is 9.59 Å². The standard InChI is InChI=1S/C25H28O8/c1-30-20-10-6-18(8-12-24(26)27)16-22(20)32-14-4-3-5-15-33-23-17-19(9-13-25(28)29)7-11-21(23)31-2/h6-13,16-17H,3-5,14-15H2,1-2H3,(H,26,27)(H,28,29). The van der Waals surface area contributed by atoms with Gasteiger partial charge in [0.15, 0.2) is 23.0 Å². The van der Waals surface area contributed by atoms with Gasteiger partial charge in [-0.3, -0.25) is 0 Å². The number of ether oxygens (including phenoxy) is 4. The van der Waals surface area contributed by atoms with E-state index in [1.807, 2.05) is 0 Å². The molecule has 0 aliphatic rings. The minimum Gasteiger partial charge on any atom is -0.493 e. The van der Waals surface area contributed by atoms with E-state index in [-0.39, 0.29) is 0 Å². The lowest BCUT2D eigenvalue weighted by Crippen LogP contribution is -2.03. The molecule has 2 N–H and O–H groups in total. The predicted octanol–water partition coefficient (Wildman–Crippen LogP) is 4.53. The molecule has 0 heterocycles. The highest BCUT2D eigenvalue weighted by molar-refractivity contribution is 5.86. The molecule has 2 aromatic rings. The van der Waals surface area contributed by atoms with Crippen LogP contribution in [-0.4, -0.2) is 49.6 Å². The third-order valence-electron chi connectivity index (χ3n) is 4.52. The quantitative estimate of drug-likeness (QED) is 0.315.